The molecule has 1 aromatic carbocycles. The van der Waals surface area contributed by atoms with Gasteiger partial charge in [-0.1, -0.05) is 29.3 Å². The van der Waals surface area contributed by atoms with Crippen molar-refractivity contribution in [2.24, 2.45) is 0 Å². The summed E-state index contributed by atoms with van der Waals surface area (Å²) in [5.74, 6) is 0.248. The number of sulfonamides is 1. The molecule has 20 heavy (non-hydrogen) atoms. The quantitative estimate of drug-likeness (QED) is 0.902. The van der Waals surface area contributed by atoms with Crippen LogP contribution in [0.1, 0.15) is 0 Å². The molecule has 1 heterocycles. The monoisotopic (exact) mass is 331 g/mol. The third kappa shape index (κ3) is 2.98. The van der Waals surface area contributed by atoms with E-state index in [9.17, 15) is 8.42 Å². The zero-order valence-corrected chi connectivity index (χ0v) is 12.7. The van der Waals surface area contributed by atoms with Crippen LogP contribution in [0.3, 0.4) is 0 Å². The fraction of sp³-hybridized carbons (Fsp3) is 0.0833. The van der Waals surface area contributed by atoms with Crippen molar-refractivity contribution in [3.05, 3.63) is 46.6 Å². The van der Waals surface area contributed by atoms with E-state index >= 15 is 0 Å². The molecular weight excluding hydrogens is 321 g/mol. The topological polar surface area (TPSA) is 71.1 Å². The molecule has 8 heteroatoms. The zero-order chi connectivity index (χ0) is 14.8. The van der Waals surface area contributed by atoms with E-state index in [0.717, 1.165) is 0 Å². The molecule has 0 bridgehead atoms. The highest BCUT2D eigenvalue weighted by atomic mass is 35.5. The molecule has 2 aromatic rings. The molecule has 0 unspecified atom stereocenters. The third-order valence-electron chi connectivity index (χ3n) is 2.49. The second-order valence-corrected chi connectivity index (χ2v) is 6.24. The lowest BCUT2D eigenvalue weighted by molar-refractivity contribution is 0.601. The van der Waals surface area contributed by atoms with Crippen LogP contribution in [0.15, 0.2) is 41.4 Å². The van der Waals surface area contributed by atoms with Gasteiger partial charge in [0.05, 0.1) is 15.7 Å². The first-order chi connectivity index (χ1) is 9.45. The molecule has 0 amide bonds. The molecule has 1 aromatic heterocycles. The van der Waals surface area contributed by atoms with Crippen molar-refractivity contribution in [1.29, 1.82) is 0 Å². The number of nitrogens with zero attached hydrogens (tertiary/aromatic N) is 1. The van der Waals surface area contributed by atoms with Crippen LogP contribution >= 0.6 is 23.2 Å². The number of hydrogen-bond acceptors (Lipinski definition) is 4. The van der Waals surface area contributed by atoms with Gasteiger partial charge in [-0.3, -0.25) is 4.72 Å². The van der Waals surface area contributed by atoms with Gasteiger partial charge in [-0.05, 0) is 24.3 Å². The highest BCUT2D eigenvalue weighted by Gasteiger charge is 2.20. The minimum absolute atomic E-state index is 0.0264. The summed E-state index contributed by atoms with van der Waals surface area (Å²) in [5.41, 5.74) is 0.213. The van der Waals surface area contributed by atoms with Crippen LogP contribution in [0, 0.1) is 0 Å². The van der Waals surface area contributed by atoms with E-state index in [1.165, 1.54) is 24.4 Å². The highest BCUT2D eigenvalue weighted by molar-refractivity contribution is 7.92. The molecule has 0 spiro atoms. The van der Waals surface area contributed by atoms with Crippen LogP contribution in [0.4, 0.5) is 11.5 Å². The zero-order valence-electron chi connectivity index (χ0n) is 10.4. The fourth-order valence-corrected chi connectivity index (χ4v) is 3.22. The van der Waals surface area contributed by atoms with Gasteiger partial charge in [-0.2, -0.15) is 0 Å². The minimum Gasteiger partial charge on any atom is -0.372 e. The standard InChI is InChI=1S/C12H11Cl2N3O2S/c1-15-12-10(6-3-7-16-12)20(18,19)17-9-5-2-4-8(13)11(9)14/h2-7,17H,1H3,(H,15,16). The van der Waals surface area contributed by atoms with Gasteiger partial charge in [0, 0.05) is 13.2 Å². The second-order valence-electron chi connectivity index (χ2n) is 3.81. The van der Waals surface area contributed by atoms with Crippen LogP contribution in [-0.4, -0.2) is 20.4 Å². The van der Waals surface area contributed by atoms with Crippen LogP contribution in [0.5, 0.6) is 0 Å². The smallest absolute Gasteiger partial charge is 0.265 e. The number of benzene rings is 1. The number of pyridine rings is 1. The molecule has 0 atom stereocenters. The van der Waals surface area contributed by atoms with Crippen LogP contribution in [0.2, 0.25) is 10.0 Å². The van der Waals surface area contributed by atoms with E-state index in [0.29, 0.717) is 0 Å². The lowest BCUT2D eigenvalue weighted by Crippen LogP contribution is -2.15. The largest absolute Gasteiger partial charge is 0.372 e. The average Bonchev–Trinajstić information content (AvgIpc) is 2.43. The Morgan fingerprint density at radius 3 is 2.60 bits per heavy atom. The van der Waals surface area contributed by atoms with E-state index in [4.69, 9.17) is 23.2 Å². The Bertz CT molecular complexity index is 735. The fourth-order valence-electron chi connectivity index (χ4n) is 1.58. The molecule has 0 saturated carbocycles. The normalized spacial score (nSPS) is 11.2. The summed E-state index contributed by atoms with van der Waals surface area (Å²) >= 11 is 11.8. The van der Waals surface area contributed by atoms with Gasteiger partial charge in [0.2, 0.25) is 0 Å². The molecular formula is C12H11Cl2N3O2S. The predicted molar refractivity (Wildman–Crippen MR) is 81.1 cm³/mol. The van der Waals surface area contributed by atoms with Crippen molar-refractivity contribution in [3.8, 4) is 0 Å². The molecule has 106 valence electrons. The van der Waals surface area contributed by atoms with E-state index < -0.39 is 10.0 Å². The molecule has 0 radical (unpaired) electrons. The Kier molecular flexibility index (Phi) is 4.37. The summed E-state index contributed by atoms with van der Waals surface area (Å²) in [6.07, 6.45) is 1.50. The Hall–Kier alpha value is -1.50. The second kappa shape index (κ2) is 5.87. The van der Waals surface area contributed by atoms with Crippen LogP contribution < -0.4 is 10.0 Å². The number of hydrogen-bond donors (Lipinski definition) is 2. The summed E-state index contributed by atoms with van der Waals surface area (Å²) in [6.45, 7) is 0. The average molecular weight is 332 g/mol. The van der Waals surface area contributed by atoms with Crippen LogP contribution in [0.25, 0.3) is 0 Å². The Labute approximate surface area is 127 Å². The molecule has 0 saturated heterocycles. The molecule has 0 aliphatic heterocycles. The number of nitrogens with one attached hydrogen (secondary N) is 2. The summed E-state index contributed by atoms with van der Waals surface area (Å²) in [6, 6.07) is 7.69. The van der Waals surface area contributed by atoms with Crippen molar-refractivity contribution in [3.63, 3.8) is 0 Å². The van der Waals surface area contributed by atoms with E-state index in [2.05, 4.69) is 15.0 Å². The van der Waals surface area contributed by atoms with Gasteiger partial charge in [0.15, 0.2) is 0 Å². The summed E-state index contributed by atoms with van der Waals surface area (Å²) in [7, 11) is -2.22. The van der Waals surface area contributed by atoms with Gasteiger partial charge in [0.1, 0.15) is 10.7 Å². The van der Waals surface area contributed by atoms with Gasteiger partial charge in [0.25, 0.3) is 10.0 Å². The van der Waals surface area contributed by atoms with Gasteiger partial charge in [-0.15, -0.1) is 0 Å². The summed E-state index contributed by atoms with van der Waals surface area (Å²) < 4.78 is 27.1. The molecule has 2 N–H and O–H groups in total. The van der Waals surface area contributed by atoms with Crippen molar-refractivity contribution in [2.45, 2.75) is 4.90 Å². The summed E-state index contributed by atoms with van der Waals surface area (Å²) in [4.78, 5) is 3.98. The van der Waals surface area contributed by atoms with Crippen molar-refractivity contribution >= 4 is 44.7 Å². The van der Waals surface area contributed by atoms with Crippen molar-refractivity contribution < 1.29 is 8.42 Å². The SMILES string of the molecule is CNc1ncccc1S(=O)(=O)Nc1cccc(Cl)c1Cl. The first-order valence-electron chi connectivity index (χ1n) is 5.55. The maximum atomic E-state index is 12.4. The predicted octanol–water partition coefficient (Wildman–Crippen LogP) is 3.23. The Balaban J connectivity index is 2.44. The minimum atomic E-state index is -3.81. The number of halogens is 2. The first-order valence-corrected chi connectivity index (χ1v) is 7.79. The molecule has 0 aliphatic carbocycles. The first kappa shape index (κ1) is 14.9. The van der Waals surface area contributed by atoms with E-state index in [-0.39, 0.29) is 26.4 Å². The number of rotatable bonds is 4. The summed E-state index contributed by atoms with van der Waals surface area (Å²) in [5, 5.41) is 3.14. The van der Waals surface area contributed by atoms with Gasteiger partial charge >= 0.3 is 0 Å². The highest BCUT2D eigenvalue weighted by Crippen LogP contribution is 2.31. The van der Waals surface area contributed by atoms with Crippen molar-refractivity contribution in [2.75, 3.05) is 17.1 Å². The Morgan fingerprint density at radius 2 is 1.90 bits per heavy atom. The lowest BCUT2D eigenvalue weighted by Gasteiger charge is -2.12. The maximum absolute atomic E-state index is 12.4. The molecule has 5 nitrogen and oxygen atoms in total. The van der Waals surface area contributed by atoms with Crippen molar-refractivity contribution in [1.82, 2.24) is 4.98 Å². The maximum Gasteiger partial charge on any atom is 0.265 e. The van der Waals surface area contributed by atoms with Crippen LogP contribution in [-0.2, 0) is 10.0 Å². The van der Waals surface area contributed by atoms with E-state index in [1.807, 2.05) is 0 Å². The number of anilines is 2. The Morgan fingerprint density at radius 1 is 1.15 bits per heavy atom. The van der Waals surface area contributed by atoms with Gasteiger partial charge < -0.3 is 5.32 Å². The van der Waals surface area contributed by atoms with Gasteiger partial charge in [-0.25, -0.2) is 13.4 Å². The molecule has 2 rings (SSSR count). The molecule has 0 aliphatic rings. The number of aromatic nitrogens is 1. The van der Waals surface area contributed by atoms with E-state index in [1.54, 1.807) is 19.2 Å². The lowest BCUT2D eigenvalue weighted by atomic mass is 10.3. The molecule has 0 fully saturated rings. The third-order valence-corrected chi connectivity index (χ3v) is 4.71.